The van der Waals surface area contributed by atoms with Crippen LogP contribution in [0.3, 0.4) is 0 Å². The minimum atomic E-state index is -0.705. The summed E-state index contributed by atoms with van der Waals surface area (Å²) in [6.45, 7) is 1.71. The Morgan fingerprint density at radius 3 is 2.85 bits per heavy atom. The Balaban J connectivity index is 1.22. The van der Waals surface area contributed by atoms with Crippen LogP contribution in [0.2, 0.25) is 0 Å². The average molecular weight is 459 g/mol. The zero-order valence-corrected chi connectivity index (χ0v) is 19.2. The number of fused-ring (bicyclic) bond motifs is 2. The Kier molecular flexibility index (Phi) is 6.24. The molecule has 0 aliphatic carbocycles. The first-order valence-electron chi connectivity index (χ1n) is 11.5. The minimum absolute atomic E-state index is 0.528. The van der Waals surface area contributed by atoms with Crippen LogP contribution in [0.1, 0.15) is 11.1 Å². The molecule has 176 valence electrons. The molecule has 0 bridgehead atoms. The highest BCUT2D eigenvalue weighted by atomic mass is 16.5. The molecule has 34 heavy (non-hydrogen) atoms. The third-order valence-electron chi connectivity index (χ3n) is 6.01. The summed E-state index contributed by atoms with van der Waals surface area (Å²) in [6, 6.07) is 14.5. The lowest BCUT2D eigenvalue weighted by Crippen LogP contribution is -2.61. The number of hydrogen-bond acceptors (Lipinski definition) is 4. The number of nitrogens with one attached hydrogen (secondary N) is 4. The van der Waals surface area contributed by atoms with Crippen molar-refractivity contribution < 1.29 is 9.47 Å². The van der Waals surface area contributed by atoms with Crippen LogP contribution in [-0.4, -0.2) is 48.5 Å². The summed E-state index contributed by atoms with van der Waals surface area (Å²) in [5.41, 5.74) is 10.5. The number of aromatic amines is 2. The first kappa shape index (κ1) is 22.1. The molecule has 1 aliphatic rings. The van der Waals surface area contributed by atoms with Crippen LogP contribution < -0.4 is 21.1 Å². The van der Waals surface area contributed by atoms with Gasteiger partial charge in [-0.3, -0.25) is 4.99 Å². The van der Waals surface area contributed by atoms with Crippen LogP contribution in [0.4, 0.5) is 0 Å². The fourth-order valence-corrected chi connectivity index (χ4v) is 4.29. The van der Waals surface area contributed by atoms with Crippen LogP contribution in [0.15, 0.2) is 72.1 Å². The second kappa shape index (κ2) is 9.62. The van der Waals surface area contributed by atoms with Crippen molar-refractivity contribution in [1.29, 1.82) is 0 Å². The van der Waals surface area contributed by atoms with E-state index in [1.54, 1.807) is 7.11 Å². The van der Waals surface area contributed by atoms with E-state index in [1.165, 1.54) is 10.9 Å². The van der Waals surface area contributed by atoms with Gasteiger partial charge in [-0.15, -0.1) is 0 Å². The molecule has 0 radical (unpaired) electrons. The Bertz CT molecular complexity index is 1340. The van der Waals surface area contributed by atoms with Gasteiger partial charge >= 0.3 is 0 Å². The number of benzene rings is 2. The number of rotatable bonds is 9. The van der Waals surface area contributed by atoms with Crippen LogP contribution >= 0.6 is 0 Å². The fourth-order valence-electron chi connectivity index (χ4n) is 4.29. The van der Waals surface area contributed by atoms with Gasteiger partial charge in [0.1, 0.15) is 18.0 Å². The molecule has 2 aromatic heterocycles. The van der Waals surface area contributed by atoms with E-state index in [1.807, 2.05) is 36.8 Å². The molecule has 0 saturated heterocycles. The third-order valence-corrected chi connectivity index (χ3v) is 6.01. The van der Waals surface area contributed by atoms with Gasteiger partial charge in [0.25, 0.3) is 0 Å². The highest BCUT2D eigenvalue weighted by Crippen LogP contribution is 2.24. The van der Waals surface area contributed by atoms with Crippen molar-refractivity contribution in [3.8, 4) is 5.75 Å². The maximum absolute atomic E-state index is 6.65. The molecule has 0 spiro atoms. The number of H-pyrrole nitrogens is 2. The normalized spacial score (nSPS) is 18.9. The minimum Gasteiger partial charge on any atom is -0.491 e. The van der Waals surface area contributed by atoms with Gasteiger partial charge in [0.05, 0.1) is 6.61 Å². The molecule has 0 saturated carbocycles. The maximum atomic E-state index is 6.65. The lowest BCUT2D eigenvalue weighted by Gasteiger charge is -2.32. The van der Waals surface area contributed by atoms with Crippen molar-refractivity contribution in [2.75, 3.05) is 26.9 Å². The van der Waals surface area contributed by atoms with Crippen molar-refractivity contribution in [1.82, 2.24) is 20.6 Å². The zero-order chi connectivity index (χ0) is 23.4. The van der Waals surface area contributed by atoms with E-state index in [-0.39, 0.29) is 0 Å². The molecule has 0 amide bonds. The number of aliphatic imine (C=N–C) groups is 1. The summed E-state index contributed by atoms with van der Waals surface area (Å²) in [7, 11) is 1.67. The highest BCUT2D eigenvalue weighted by Gasteiger charge is 2.26. The third kappa shape index (κ3) is 4.93. The molecule has 5 rings (SSSR count). The largest absolute Gasteiger partial charge is 0.491 e. The van der Waals surface area contributed by atoms with E-state index >= 15 is 0 Å². The van der Waals surface area contributed by atoms with Crippen LogP contribution in [-0.2, 0) is 17.6 Å². The molecule has 8 nitrogen and oxygen atoms in total. The molecule has 2 aromatic carbocycles. The first-order chi connectivity index (χ1) is 16.6. The van der Waals surface area contributed by atoms with Crippen molar-refractivity contribution in [2.24, 2.45) is 10.7 Å². The zero-order valence-electron chi connectivity index (χ0n) is 19.2. The molecule has 4 aromatic rings. The number of ether oxygens (including phenoxy) is 2. The fraction of sp³-hybridized carbons (Fsp3) is 0.269. The second-order valence-electron chi connectivity index (χ2n) is 8.56. The smallest absolute Gasteiger partial charge is 0.197 e. The van der Waals surface area contributed by atoms with Crippen LogP contribution in [0.25, 0.3) is 21.8 Å². The molecule has 8 heteroatoms. The Labute approximate surface area is 198 Å². The standard InChI is InChI=1S/C26H30N6O2/c1-33-12-13-34-21-3-5-24-22(15-21)20(17-31-24)7-10-29-25-30-11-8-26(27,32-25)16-18-2-4-23-19(14-18)6-9-28-23/h2-6,8-9,11,14-15,17,28,31H,7,10,12-13,16,27H2,1H3,(H2,29,30,32). The summed E-state index contributed by atoms with van der Waals surface area (Å²) in [6.07, 6.45) is 9.23. The van der Waals surface area contributed by atoms with Gasteiger partial charge in [-0.25, -0.2) is 0 Å². The quantitative estimate of drug-likeness (QED) is 0.247. The van der Waals surface area contributed by atoms with Crippen molar-refractivity contribution in [3.05, 3.63) is 78.3 Å². The van der Waals surface area contributed by atoms with E-state index in [9.17, 15) is 0 Å². The number of aromatic nitrogens is 2. The Morgan fingerprint density at radius 2 is 1.94 bits per heavy atom. The van der Waals surface area contributed by atoms with E-state index < -0.39 is 5.66 Å². The molecule has 1 atom stereocenters. The number of nitrogens with two attached hydrogens (primary N) is 1. The topological polar surface area (TPSA) is 112 Å². The predicted octanol–water partition coefficient (Wildman–Crippen LogP) is 3.18. The van der Waals surface area contributed by atoms with Gasteiger partial charge < -0.3 is 35.8 Å². The SMILES string of the molecule is COCCOc1ccc2[nH]cc(CCN=C3NC=CC(N)(Cc4ccc5[nH]ccc5c4)N3)c2c1. The second-order valence-corrected chi connectivity index (χ2v) is 8.56. The Morgan fingerprint density at radius 1 is 1.03 bits per heavy atom. The van der Waals surface area contributed by atoms with Gasteiger partial charge in [0.15, 0.2) is 5.96 Å². The lowest BCUT2D eigenvalue weighted by molar-refractivity contribution is 0.146. The van der Waals surface area contributed by atoms with Crippen molar-refractivity contribution in [2.45, 2.75) is 18.5 Å². The summed E-state index contributed by atoms with van der Waals surface area (Å²) >= 11 is 0. The molecular formula is C26H30N6O2. The molecule has 1 unspecified atom stereocenters. The van der Waals surface area contributed by atoms with Crippen molar-refractivity contribution >= 4 is 27.8 Å². The molecule has 3 heterocycles. The van der Waals surface area contributed by atoms with Gasteiger partial charge in [-0.2, -0.15) is 0 Å². The van der Waals surface area contributed by atoms with Gasteiger partial charge in [0.2, 0.25) is 0 Å². The summed E-state index contributed by atoms with van der Waals surface area (Å²) in [5, 5.41) is 8.86. The van der Waals surface area contributed by atoms with Crippen molar-refractivity contribution in [3.63, 3.8) is 0 Å². The monoisotopic (exact) mass is 458 g/mol. The van der Waals surface area contributed by atoms with Gasteiger partial charge in [0, 0.05) is 55.1 Å². The number of guanidine groups is 1. The number of nitrogens with zero attached hydrogens (tertiary/aromatic N) is 1. The molecule has 0 fully saturated rings. The predicted molar refractivity (Wildman–Crippen MR) is 136 cm³/mol. The summed E-state index contributed by atoms with van der Waals surface area (Å²) < 4.78 is 10.8. The first-order valence-corrected chi connectivity index (χ1v) is 11.5. The van der Waals surface area contributed by atoms with Crippen LogP contribution in [0.5, 0.6) is 5.75 Å². The molecular weight excluding hydrogens is 428 g/mol. The highest BCUT2D eigenvalue weighted by molar-refractivity contribution is 5.85. The van der Waals surface area contributed by atoms with E-state index in [2.05, 4.69) is 50.9 Å². The maximum Gasteiger partial charge on any atom is 0.197 e. The van der Waals surface area contributed by atoms with E-state index in [4.69, 9.17) is 20.2 Å². The van der Waals surface area contributed by atoms with E-state index in [0.29, 0.717) is 32.1 Å². The van der Waals surface area contributed by atoms with Gasteiger partial charge in [-0.1, -0.05) is 6.07 Å². The number of methoxy groups -OCH3 is 1. The molecule has 1 aliphatic heterocycles. The summed E-state index contributed by atoms with van der Waals surface area (Å²) in [4.78, 5) is 11.3. The number of hydrogen-bond donors (Lipinski definition) is 5. The van der Waals surface area contributed by atoms with E-state index in [0.717, 1.165) is 34.2 Å². The van der Waals surface area contributed by atoms with Gasteiger partial charge in [-0.05, 0) is 65.4 Å². The van der Waals surface area contributed by atoms with Crippen LogP contribution in [0, 0.1) is 0 Å². The Hall–Kier alpha value is -3.75. The summed E-state index contributed by atoms with van der Waals surface area (Å²) in [5.74, 6) is 1.51. The lowest BCUT2D eigenvalue weighted by atomic mass is 9.98. The average Bonchev–Trinajstić information content (AvgIpc) is 3.46. The molecule has 6 N–H and O–H groups in total.